The molecule has 0 saturated carbocycles. The fraction of sp³-hybridized carbons (Fsp3) is 0.464. The number of hydrogen-bond acceptors (Lipinski definition) is 9. The second-order valence-corrected chi connectivity index (χ2v) is 13.2. The number of rotatable bonds is 11. The molecule has 1 fully saturated rings. The summed E-state index contributed by atoms with van der Waals surface area (Å²) in [7, 11) is -3.78. The first-order chi connectivity index (χ1) is 19.7. The quantitative estimate of drug-likeness (QED) is 0.290. The Morgan fingerprint density at radius 2 is 1.68 bits per heavy atom. The number of benzene rings is 2. The van der Waals surface area contributed by atoms with Crippen LogP contribution in [0.2, 0.25) is 0 Å². The normalized spacial score (nSPS) is 14.5. The number of sulfonamides is 1. The third-order valence-electron chi connectivity index (χ3n) is 7.10. The maximum absolute atomic E-state index is 13.8. The van der Waals surface area contributed by atoms with Crippen molar-refractivity contribution >= 4 is 60.5 Å². The van der Waals surface area contributed by atoms with Gasteiger partial charge < -0.3 is 14.5 Å². The zero-order valence-electron chi connectivity index (χ0n) is 23.9. The highest BCUT2D eigenvalue weighted by Crippen LogP contribution is 2.34. The fourth-order valence-corrected chi connectivity index (χ4v) is 7.72. The molecule has 0 spiro atoms. The molecule has 222 valence electrons. The van der Waals surface area contributed by atoms with E-state index in [-0.39, 0.29) is 43.6 Å². The van der Waals surface area contributed by atoms with Crippen LogP contribution in [0.5, 0.6) is 0 Å². The van der Waals surface area contributed by atoms with Gasteiger partial charge in [-0.3, -0.25) is 9.69 Å². The van der Waals surface area contributed by atoms with Crippen LogP contribution in [-0.2, 0) is 14.8 Å². The summed E-state index contributed by atoms with van der Waals surface area (Å²) in [5, 5.41) is 0.620. The van der Waals surface area contributed by atoms with E-state index in [2.05, 4.69) is 18.7 Å². The summed E-state index contributed by atoms with van der Waals surface area (Å²) < 4.78 is 34.0. The van der Waals surface area contributed by atoms with Crippen molar-refractivity contribution in [3.63, 3.8) is 0 Å². The van der Waals surface area contributed by atoms with E-state index in [1.807, 2.05) is 24.5 Å². The zero-order valence-corrected chi connectivity index (χ0v) is 26.4. The van der Waals surface area contributed by atoms with Crippen molar-refractivity contribution in [1.29, 1.82) is 0 Å². The molecule has 0 radical (unpaired) electrons. The summed E-state index contributed by atoms with van der Waals surface area (Å²) in [5.74, 6) is -0.228. The van der Waals surface area contributed by atoms with Gasteiger partial charge >= 0.3 is 6.09 Å². The summed E-state index contributed by atoms with van der Waals surface area (Å²) >= 11 is 3.10. The predicted octanol–water partition coefficient (Wildman–Crippen LogP) is 4.47. The van der Waals surface area contributed by atoms with Gasteiger partial charge in [-0.25, -0.2) is 18.2 Å². The average molecular weight is 620 g/mol. The topological polar surface area (TPSA) is 103 Å². The number of para-hydroxylation sites is 1. The molecule has 1 aliphatic rings. The molecule has 0 bridgehead atoms. The molecule has 4 rings (SSSR count). The monoisotopic (exact) mass is 619 g/mol. The highest BCUT2D eigenvalue weighted by atomic mass is 32.2. The third kappa shape index (κ3) is 7.03. The molecule has 0 aliphatic carbocycles. The van der Waals surface area contributed by atoms with Crippen LogP contribution in [0.15, 0.2) is 52.3 Å². The minimum atomic E-state index is -3.78. The van der Waals surface area contributed by atoms with E-state index in [9.17, 15) is 18.0 Å². The molecule has 13 heteroatoms. The van der Waals surface area contributed by atoms with E-state index in [1.54, 1.807) is 35.7 Å². The van der Waals surface area contributed by atoms with Gasteiger partial charge in [0, 0.05) is 49.7 Å². The highest BCUT2D eigenvalue weighted by molar-refractivity contribution is 7.98. The fourth-order valence-electron chi connectivity index (χ4n) is 4.66. The average Bonchev–Trinajstić information content (AvgIpc) is 3.43. The largest absolute Gasteiger partial charge is 0.450 e. The van der Waals surface area contributed by atoms with Crippen LogP contribution in [0.3, 0.4) is 0 Å². The van der Waals surface area contributed by atoms with Gasteiger partial charge in [0.05, 0.1) is 21.7 Å². The third-order valence-corrected chi connectivity index (χ3v) is 10.8. The number of hydrogen-bond donors (Lipinski definition) is 0. The van der Waals surface area contributed by atoms with Gasteiger partial charge in [0.2, 0.25) is 10.0 Å². The van der Waals surface area contributed by atoms with Crippen molar-refractivity contribution in [2.45, 2.75) is 30.6 Å². The van der Waals surface area contributed by atoms with Gasteiger partial charge in [-0.05, 0) is 62.7 Å². The number of aromatic nitrogens is 1. The number of piperazine rings is 1. The first-order valence-electron chi connectivity index (χ1n) is 13.7. The van der Waals surface area contributed by atoms with E-state index in [4.69, 9.17) is 9.72 Å². The number of ether oxygens (including phenoxy) is 1. The molecule has 2 heterocycles. The van der Waals surface area contributed by atoms with E-state index >= 15 is 0 Å². The Labute approximate surface area is 250 Å². The first-order valence-corrected chi connectivity index (χ1v) is 17.2. The smallest absolute Gasteiger partial charge is 0.409 e. The number of likely N-dealkylation sites (N-methyl/N-ethyl adjacent to an activating group) is 1. The molecule has 3 aromatic rings. The lowest BCUT2D eigenvalue weighted by Crippen LogP contribution is -2.50. The van der Waals surface area contributed by atoms with E-state index in [1.165, 1.54) is 32.7 Å². The molecular formula is C28H37N5O5S3. The van der Waals surface area contributed by atoms with Gasteiger partial charge in [0.25, 0.3) is 5.91 Å². The maximum Gasteiger partial charge on any atom is 0.409 e. The molecule has 1 saturated heterocycles. The Kier molecular flexibility index (Phi) is 10.6. The number of anilines is 1. The number of nitrogens with zero attached hydrogens (tertiary/aromatic N) is 5. The lowest BCUT2D eigenvalue weighted by atomic mass is 10.2. The molecule has 0 unspecified atom stereocenters. The van der Waals surface area contributed by atoms with Crippen LogP contribution < -0.4 is 4.90 Å². The number of thiazole rings is 1. The zero-order chi connectivity index (χ0) is 29.6. The molecule has 1 aromatic heterocycles. The second kappa shape index (κ2) is 14.0. The standard InChI is InChI=1S/C28H37N5O5S3/c1-5-30(6-2)15-20-33(27-29-25-23(39-4)9-8-10-24(25)40-27)26(34)21-11-13-22(14-12-21)41(36,37)32-18-16-31(17-19-32)28(35)38-7-3/h8-14H,5-7,15-20H2,1-4H3. The van der Waals surface area contributed by atoms with Crippen molar-refractivity contribution in [3.8, 4) is 0 Å². The Bertz CT molecular complexity index is 1450. The molecule has 2 aromatic carbocycles. The Balaban J connectivity index is 1.55. The number of carbonyl (C=O) groups is 2. The summed E-state index contributed by atoms with van der Waals surface area (Å²) in [4.78, 5) is 37.3. The Morgan fingerprint density at radius 3 is 2.29 bits per heavy atom. The van der Waals surface area contributed by atoms with Crippen molar-refractivity contribution in [2.75, 3.05) is 70.1 Å². The maximum atomic E-state index is 13.8. The van der Waals surface area contributed by atoms with E-state index in [0.717, 1.165) is 28.2 Å². The minimum Gasteiger partial charge on any atom is -0.450 e. The summed E-state index contributed by atoms with van der Waals surface area (Å²) in [6.45, 7) is 9.95. The molecule has 41 heavy (non-hydrogen) atoms. The van der Waals surface area contributed by atoms with Gasteiger partial charge in [0.1, 0.15) is 0 Å². The predicted molar refractivity (Wildman–Crippen MR) is 165 cm³/mol. The minimum absolute atomic E-state index is 0.109. The van der Waals surface area contributed by atoms with Crippen molar-refractivity contribution < 1.29 is 22.7 Å². The van der Waals surface area contributed by atoms with Crippen LogP contribution in [-0.4, -0.2) is 105 Å². The van der Waals surface area contributed by atoms with Crippen LogP contribution >= 0.6 is 23.1 Å². The highest BCUT2D eigenvalue weighted by Gasteiger charge is 2.31. The first kappa shape index (κ1) is 31.2. The lowest BCUT2D eigenvalue weighted by Gasteiger charge is -2.33. The molecule has 2 amide bonds. The van der Waals surface area contributed by atoms with Crippen molar-refractivity contribution in [2.24, 2.45) is 0 Å². The van der Waals surface area contributed by atoms with Crippen LogP contribution in [0.4, 0.5) is 9.93 Å². The Hall–Kier alpha value is -2.71. The molecule has 1 aliphatic heterocycles. The van der Waals surface area contributed by atoms with E-state index < -0.39 is 16.1 Å². The van der Waals surface area contributed by atoms with Crippen LogP contribution in [0, 0.1) is 0 Å². The van der Waals surface area contributed by atoms with Gasteiger partial charge in [-0.1, -0.05) is 31.3 Å². The summed E-state index contributed by atoms with van der Waals surface area (Å²) in [5.41, 5.74) is 1.27. The van der Waals surface area contributed by atoms with Crippen LogP contribution in [0.1, 0.15) is 31.1 Å². The van der Waals surface area contributed by atoms with Crippen LogP contribution in [0.25, 0.3) is 10.2 Å². The Morgan fingerprint density at radius 1 is 1.00 bits per heavy atom. The summed E-state index contributed by atoms with van der Waals surface area (Å²) in [6.07, 6.45) is 1.57. The van der Waals surface area contributed by atoms with Crippen molar-refractivity contribution in [1.82, 2.24) is 19.1 Å². The number of carbonyl (C=O) groups excluding carboxylic acids is 2. The number of fused-ring (bicyclic) bond motifs is 1. The molecule has 0 atom stereocenters. The van der Waals surface area contributed by atoms with Gasteiger partial charge in [0.15, 0.2) is 5.13 Å². The van der Waals surface area contributed by atoms with Crippen molar-refractivity contribution in [3.05, 3.63) is 48.0 Å². The SMILES string of the molecule is CCOC(=O)N1CCN(S(=O)(=O)c2ccc(C(=O)N(CCN(CC)CC)c3nc4c(SC)cccc4s3)cc2)CC1. The number of thioether (sulfide) groups is 1. The second-order valence-electron chi connectivity index (χ2n) is 9.40. The molecule has 10 nitrogen and oxygen atoms in total. The van der Waals surface area contributed by atoms with E-state index in [0.29, 0.717) is 23.8 Å². The van der Waals surface area contributed by atoms with Gasteiger partial charge in [-0.2, -0.15) is 4.31 Å². The molecular weight excluding hydrogens is 583 g/mol. The lowest BCUT2D eigenvalue weighted by molar-refractivity contribution is 0.0933. The summed E-state index contributed by atoms with van der Waals surface area (Å²) in [6, 6.07) is 12.1. The van der Waals surface area contributed by atoms with Gasteiger partial charge in [-0.15, -0.1) is 11.8 Å². The molecule has 0 N–H and O–H groups in total. The number of amides is 2.